The van der Waals surface area contributed by atoms with E-state index in [-0.39, 0.29) is 17.4 Å². The first-order chi connectivity index (χ1) is 7.34. The lowest BCUT2D eigenvalue weighted by Gasteiger charge is -2.39. The number of piperidine rings is 1. The van der Waals surface area contributed by atoms with E-state index < -0.39 is 6.04 Å². The fourth-order valence-corrected chi connectivity index (χ4v) is 1.92. The van der Waals surface area contributed by atoms with Crippen molar-refractivity contribution in [1.29, 1.82) is 0 Å². The van der Waals surface area contributed by atoms with Gasteiger partial charge in [0.2, 0.25) is 5.91 Å². The summed E-state index contributed by atoms with van der Waals surface area (Å²) in [6.07, 6.45) is 2.00. The third-order valence-electron chi connectivity index (χ3n) is 3.54. The van der Waals surface area contributed by atoms with E-state index in [1.165, 1.54) is 0 Å². The van der Waals surface area contributed by atoms with Crippen LogP contribution in [0.15, 0.2) is 0 Å². The Kier molecular flexibility index (Phi) is 4.33. The predicted molar refractivity (Wildman–Crippen MR) is 66.1 cm³/mol. The van der Waals surface area contributed by atoms with Gasteiger partial charge < -0.3 is 16.0 Å². The Balaban J connectivity index is 2.50. The van der Waals surface area contributed by atoms with Gasteiger partial charge in [-0.25, -0.2) is 0 Å². The monoisotopic (exact) mass is 227 g/mol. The fraction of sp³-hybridized carbons (Fsp3) is 0.917. The molecule has 0 aromatic heterocycles. The fourth-order valence-electron chi connectivity index (χ4n) is 1.92. The molecule has 3 N–H and O–H groups in total. The van der Waals surface area contributed by atoms with Gasteiger partial charge in [-0.15, -0.1) is 0 Å². The number of rotatable bonds is 3. The molecule has 4 nitrogen and oxygen atoms in total. The van der Waals surface area contributed by atoms with Gasteiger partial charge in [-0.3, -0.25) is 4.79 Å². The van der Waals surface area contributed by atoms with Crippen molar-refractivity contribution in [2.24, 2.45) is 11.7 Å². The molecule has 1 rings (SSSR count). The van der Waals surface area contributed by atoms with Gasteiger partial charge in [-0.05, 0) is 32.7 Å². The first-order valence-corrected chi connectivity index (χ1v) is 6.10. The molecular formula is C12H25N3O. The summed E-state index contributed by atoms with van der Waals surface area (Å²) in [4.78, 5) is 14.2. The number of likely N-dealkylation sites (tertiary alicyclic amines) is 1. The summed E-state index contributed by atoms with van der Waals surface area (Å²) >= 11 is 0. The maximum Gasteiger partial charge on any atom is 0.237 e. The summed E-state index contributed by atoms with van der Waals surface area (Å²) in [6, 6.07) is -0.392. The molecule has 0 aromatic carbocycles. The number of hydrogen-bond donors (Lipinski definition) is 2. The van der Waals surface area contributed by atoms with E-state index in [2.05, 4.69) is 24.2 Å². The molecular weight excluding hydrogens is 202 g/mol. The van der Waals surface area contributed by atoms with Crippen molar-refractivity contribution in [3.8, 4) is 0 Å². The Bertz CT molecular complexity index is 245. The van der Waals surface area contributed by atoms with Gasteiger partial charge in [0.25, 0.3) is 0 Å². The second kappa shape index (κ2) is 5.15. The molecule has 0 radical (unpaired) electrons. The van der Waals surface area contributed by atoms with Crippen molar-refractivity contribution in [1.82, 2.24) is 10.2 Å². The van der Waals surface area contributed by atoms with Crippen molar-refractivity contribution in [2.45, 2.75) is 45.2 Å². The smallest absolute Gasteiger partial charge is 0.237 e. The molecule has 1 unspecified atom stereocenters. The highest BCUT2D eigenvalue weighted by Crippen LogP contribution is 2.21. The van der Waals surface area contributed by atoms with Gasteiger partial charge in [0.1, 0.15) is 0 Å². The van der Waals surface area contributed by atoms with Crippen LogP contribution in [0.4, 0.5) is 0 Å². The third-order valence-corrected chi connectivity index (χ3v) is 3.54. The average molecular weight is 227 g/mol. The number of hydrogen-bond acceptors (Lipinski definition) is 3. The van der Waals surface area contributed by atoms with E-state index >= 15 is 0 Å². The molecule has 0 bridgehead atoms. The van der Waals surface area contributed by atoms with Crippen molar-refractivity contribution in [2.75, 3.05) is 20.1 Å². The Hall–Kier alpha value is -0.610. The van der Waals surface area contributed by atoms with E-state index in [1.807, 2.05) is 13.8 Å². The minimum Gasteiger partial charge on any atom is -0.349 e. The van der Waals surface area contributed by atoms with Crippen LogP contribution in [0, 0.1) is 5.92 Å². The molecule has 1 aliphatic heterocycles. The Labute approximate surface area is 98.6 Å². The molecule has 0 spiro atoms. The number of amides is 1. The average Bonchev–Trinajstić information content (AvgIpc) is 2.21. The van der Waals surface area contributed by atoms with E-state index in [9.17, 15) is 4.79 Å². The topological polar surface area (TPSA) is 58.4 Å². The van der Waals surface area contributed by atoms with Gasteiger partial charge in [-0.2, -0.15) is 0 Å². The summed E-state index contributed by atoms with van der Waals surface area (Å²) in [6.45, 7) is 8.13. The third kappa shape index (κ3) is 3.46. The van der Waals surface area contributed by atoms with Crippen LogP contribution in [-0.2, 0) is 4.79 Å². The summed E-state index contributed by atoms with van der Waals surface area (Å²) in [7, 11) is 2.11. The summed E-state index contributed by atoms with van der Waals surface area (Å²) in [5.74, 6) is 0.178. The predicted octanol–water partition coefficient (Wildman–Crippen LogP) is 0.570. The van der Waals surface area contributed by atoms with Gasteiger partial charge in [0, 0.05) is 18.6 Å². The van der Waals surface area contributed by atoms with Crippen molar-refractivity contribution >= 4 is 5.91 Å². The lowest BCUT2D eigenvalue weighted by molar-refractivity contribution is -0.125. The molecule has 1 atom stereocenters. The molecule has 94 valence electrons. The second-order valence-electron chi connectivity index (χ2n) is 5.62. The zero-order valence-corrected chi connectivity index (χ0v) is 10.9. The molecule has 0 aromatic rings. The van der Waals surface area contributed by atoms with Crippen LogP contribution in [0.2, 0.25) is 0 Å². The van der Waals surface area contributed by atoms with Crippen molar-refractivity contribution in [3.63, 3.8) is 0 Å². The molecule has 1 amide bonds. The molecule has 0 saturated carbocycles. The second-order valence-corrected chi connectivity index (χ2v) is 5.62. The SMILES string of the molecule is CC(C)C(N)C(=O)NC1(C)CCN(C)CC1. The minimum atomic E-state index is -0.392. The number of nitrogens with one attached hydrogen (secondary N) is 1. The first-order valence-electron chi connectivity index (χ1n) is 6.10. The molecule has 1 saturated heterocycles. The number of carbonyl (C=O) groups is 1. The summed E-state index contributed by atoms with van der Waals surface area (Å²) < 4.78 is 0. The molecule has 1 heterocycles. The Morgan fingerprint density at radius 2 is 1.88 bits per heavy atom. The van der Waals surface area contributed by atoms with Crippen LogP contribution >= 0.6 is 0 Å². The van der Waals surface area contributed by atoms with Crippen LogP contribution in [0.5, 0.6) is 0 Å². The molecule has 4 heteroatoms. The van der Waals surface area contributed by atoms with Crippen LogP contribution < -0.4 is 11.1 Å². The molecule has 1 aliphatic rings. The maximum absolute atomic E-state index is 11.9. The van der Waals surface area contributed by atoms with E-state index in [1.54, 1.807) is 0 Å². The molecule has 0 aliphatic carbocycles. The standard InChI is InChI=1S/C12H25N3O/c1-9(2)10(13)11(16)14-12(3)5-7-15(4)8-6-12/h9-10H,5-8,13H2,1-4H3,(H,14,16). The molecule has 1 fully saturated rings. The van der Waals surface area contributed by atoms with E-state index in [0.29, 0.717) is 0 Å². The van der Waals surface area contributed by atoms with Gasteiger partial charge in [0.15, 0.2) is 0 Å². The van der Waals surface area contributed by atoms with Gasteiger partial charge >= 0.3 is 0 Å². The highest BCUT2D eigenvalue weighted by Gasteiger charge is 2.32. The summed E-state index contributed by atoms with van der Waals surface area (Å²) in [5.41, 5.74) is 5.77. The number of nitrogens with two attached hydrogens (primary N) is 1. The van der Waals surface area contributed by atoms with Gasteiger partial charge in [-0.1, -0.05) is 13.8 Å². The lowest BCUT2D eigenvalue weighted by Crippen LogP contribution is -2.57. The van der Waals surface area contributed by atoms with Gasteiger partial charge in [0.05, 0.1) is 6.04 Å². The maximum atomic E-state index is 11.9. The zero-order valence-electron chi connectivity index (χ0n) is 10.9. The minimum absolute atomic E-state index is 0.0120. The number of nitrogens with zero attached hydrogens (tertiary/aromatic N) is 1. The lowest BCUT2D eigenvalue weighted by atomic mass is 9.89. The number of carbonyl (C=O) groups excluding carboxylic acids is 1. The normalized spacial score (nSPS) is 23.1. The quantitative estimate of drug-likeness (QED) is 0.741. The van der Waals surface area contributed by atoms with Crippen LogP contribution in [0.25, 0.3) is 0 Å². The van der Waals surface area contributed by atoms with Crippen LogP contribution in [0.3, 0.4) is 0 Å². The Morgan fingerprint density at radius 1 is 1.38 bits per heavy atom. The van der Waals surface area contributed by atoms with E-state index in [4.69, 9.17) is 5.73 Å². The van der Waals surface area contributed by atoms with Crippen molar-refractivity contribution in [3.05, 3.63) is 0 Å². The Morgan fingerprint density at radius 3 is 2.31 bits per heavy atom. The zero-order chi connectivity index (χ0) is 12.3. The van der Waals surface area contributed by atoms with Crippen LogP contribution in [-0.4, -0.2) is 42.5 Å². The van der Waals surface area contributed by atoms with Crippen LogP contribution in [0.1, 0.15) is 33.6 Å². The highest BCUT2D eigenvalue weighted by atomic mass is 16.2. The largest absolute Gasteiger partial charge is 0.349 e. The molecule has 16 heavy (non-hydrogen) atoms. The first kappa shape index (κ1) is 13.5. The highest BCUT2D eigenvalue weighted by molar-refractivity contribution is 5.82. The summed E-state index contributed by atoms with van der Waals surface area (Å²) in [5, 5.41) is 3.11. The van der Waals surface area contributed by atoms with E-state index in [0.717, 1.165) is 25.9 Å². The van der Waals surface area contributed by atoms with Crippen molar-refractivity contribution < 1.29 is 4.79 Å².